The number of amides is 3. The van der Waals surface area contributed by atoms with E-state index in [1.165, 1.54) is 0 Å². The van der Waals surface area contributed by atoms with Gasteiger partial charge in [-0.05, 0) is 65.8 Å². The lowest BCUT2D eigenvalue weighted by atomic mass is 9.84. The summed E-state index contributed by atoms with van der Waals surface area (Å²) in [5.74, 6) is -1.53. The number of halogens is 1. The summed E-state index contributed by atoms with van der Waals surface area (Å²) in [6, 6.07) is 20.6. The van der Waals surface area contributed by atoms with Crippen molar-refractivity contribution in [2.75, 3.05) is 5.32 Å². The summed E-state index contributed by atoms with van der Waals surface area (Å²) < 4.78 is 5.71. The third-order valence-electron chi connectivity index (χ3n) is 6.90. The normalized spacial score (nSPS) is 18.2. The van der Waals surface area contributed by atoms with Crippen LogP contribution in [0.3, 0.4) is 0 Å². The molecule has 2 heterocycles. The number of carbonyl (C=O) groups excluding carboxylic acids is 3. The number of aliphatic imine (C=N–C) groups is 1. The summed E-state index contributed by atoms with van der Waals surface area (Å²) in [4.78, 5) is 42.5. The Balaban J connectivity index is 1.45. The number of hydrogen-bond donors (Lipinski definition) is 2. The van der Waals surface area contributed by atoms with Crippen molar-refractivity contribution in [3.05, 3.63) is 99.6 Å². The van der Waals surface area contributed by atoms with Crippen molar-refractivity contribution < 1.29 is 19.1 Å². The molecule has 39 heavy (non-hydrogen) atoms. The SMILES string of the molecule is N#Cc1cccc(COC(=O)C2C(CCc3ccccc3Cl)=NC(=O)NC2c2ccc3c(c2)NC(=O)CC3)c1. The smallest absolute Gasteiger partial charge is 0.341 e. The van der Waals surface area contributed by atoms with Crippen LogP contribution in [0.15, 0.2) is 71.7 Å². The van der Waals surface area contributed by atoms with E-state index in [0.717, 1.165) is 11.1 Å². The monoisotopic (exact) mass is 540 g/mol. The topological polar surface area (TPSA) is 121 Å². The van der Waals surface area contributed by atoms with Crippen molar-refractivity contribution in [3.63, 3.8) is 0 Å². The van der Waals surface area contributed by atoms with Crippen LogP contribution in [-0.4, -0.2) is 23.6 Å². The maximum atomic E-state index is 13.6. The zero-order valence-electron chi connectivity index (χ0n) is 20.9. The molecule has 3 aromatic rings. The molecule has 0 spiro atoms. The predicted octanol–water partition coefficient (Wildman–Crippen LogP) is 5.29. The molecule has 196 valence electrons. The molecule has 0 aromatic heterocycles. The molecule has 0 fully saturated rings. The third kappa shape index (κ3) is 6.00. The predicted molar refractivity (Wildman–Crippen MR) is 146 cm³/mol. The molecule has 9 heteroatoms. The molecule has 3 amide bonds. The van der Waals surface area contributed by atoms with Crippen molar-refractivity contribution in [1.29, 1.82) is 5.26 Å². The average molecular weight is 541 g/mol. The number of carbonyl (C=O) groups is 3. The van der Waals surface area contributed by atoms with E-state index < -0.39 is 24.0 Å². The summed E-state index contributed by atoms with van der Waals surface area (Å²) in [5.41, 5.74) is 4.71. The Morgan fingerprint density at radius 3 is 2.72 bits per heavy atom. The number of esters is 1. The van der Waals surface area contributed by atoms with E-state index in [-0.39, 0.29) is 12.5 Å². The lowest BCUT2D eigenvalue weighted by Crippen LogP contribution is -2.45. The molecule has 2 aliphatic heterocycles. The van der Waals surface area contributed by atoms with E-state index in [4.69, 9.17) is 16.3 Å². The highest BCUT2D eigenvalue weighted by molar-refractivity contribution is 6.31. The van der Waals surface area contributed by atoms with E-state index in [9.17, 15) is 19.6 Å². The molecule has 2 atom stereocenters. The van der Waals surface area contributed by atoms with Gasteiger partial charge in [0.2, 0.25) is 5.91 Å². The third-order valence-corrected chi connectivity index (χ3v) is 7.27. The zero-order chi connectivity index (χ0) is 27.4. The fraction of sp³-hybridized carbons (Fsp3) is 0.233. The van der Waals surface area contributed by atoms with Crippen LogP contribution in [0.2, 0.25) is 5.02 Å². The van der Waals surface area contributed by atoms with Gasteiger partial charge in [-0.3, -0.25) is 9.59 Å². The number of aryl methyl sites for hydroxylation is 2. The van der Waals surface area contributed by atoms with Crippen molar-refractivity contribution in [2.24, 2.45) is 10.9 Å². The number of nitriles is 1. The van der Waals surface area contributed by atoms with Gasteiger partial charge in [0.05, 0.1) is 17.7 Å². The summed E-state index contributed by atoms with van der Waals surface area (Å²) in [5, 5.41) is 15.5. The second kappa shape index (κ2) is 11.5. The van der Waals surface area contributed by atoms with Crippen LogP contribution in [0.25, 0.3) is 0 Å². The molecule has 0 radical (unpaired) electrons. The van der Waals surface area contributed by atoms with E-state index in [2.05, 4.69) is 21.7 Å². The Bertz CT molecular complexity index is 1530. The number of nitrogens with zero attached hydrogens (tertiary/aromatic N) is 2. The molecular formula is C30H25ClN4O4. The number of urea groups is 1. The van der Waals surface area contributed by atoms with E-state index in [1.54, 1.807) is 36.4 Å². The van der Waals surface area contributed by atoms with E-state index in [0.29, 0.717) is 58.8 Å². The van der Waals surface area contributed by atoms with Gasteiger partial charge >= 0.3 is 12.0 Å². The highest BCUT2D eigenvalue weighted by Gasteiger charge is 2.40. The Kier molecular flexibility index (Phi) is 7.71. The lowest BCUT2D eigenvalue weighted by Gasteiger charge is -2.32. The van der Waals surface area contributed by atoms with Crippen LogP contribution >= 0.6 is 11.6 Å². The molecule has 2 unspecified atom stereocenters. The van der Waals surface area contributed by atoms with Crippen molar-refractivity contribution >= 4 is 40.9 Å². The van der Waals surface area contributed by atoms with Crippen LogP contribution in [0.5, 0.6) is 0 Å². The standard InChI is InChI=1S/C30H25ClN4O4/c31-23-7-2-1-6-20(23)10-12-24-27(29(37)39-17-19-5-3-4-18(14-19)16-32)28(35-30(38)34-24)22-9-8-21-11-13-26(36)33-25(21)15-22/h1-9,14-15,27-28H,10-13,17H2,(H,33,36)(H,35,38). The minimum absolute atomic E-state index is 0.0381. The summed E-state index contributed by atoms with van der Waals surface area (Å²) in [7, 11) is 0. The molecule has 0 aliphatic carbocycles. The van der Waals surface area contributed by atoms with Crippen LogP contribution in [-0.2, 0) is 33.8 Å². The highest BCUT2D eigenvalue weighted by atomic mass is 35.5. The summed E-state index contributed by atoms with van der Waals surface area (Å²) in [6.07, 6.45) is 1.83. The second-order valence-corrected chi connectivity index (χ2v) is 9.89. The largest absolute Gasteiger partial charge is 0.460 e. The van der Waals surface area contributed by atoms with Gasteiger partial charge in [-0.2, -0.15) is 5.26 Å². The summed E-state index contributed by atoms with van der Waals surface area (Å²) >= 11 is 6.35. The van der Waals surface area contributed by atoms with Gasteiger partial charge in [0.15, 0.2) is 0 Å². The van der Waals surface area contributed by atoms with Crippen molar-refractivity contribution in [1.82, 2.24) is 5.32 Å². The lowest BCUT2D eigenvalue weighted by molar-refractivity contribution is -0.148. The Labute approximate surface area is 230 Å². The molecule has 0 bridgehead atoms. The first-order valence-electron chi connectivity index (χ1n) is 12.6. The first-order valence-corrected chi connectivity index (χ1v) is 13.0. The first kappa shape index (κ1) is 26.1. The van der Waals surface area contributed by atoms with Crippen molar-refractivity contribution in [2.45, 2.75) is 38.3 Å². The number of anilines is 1. The second-order valence-electron chi connectivity index (χ2n) is 9.48. The minimum Gasteiger partial charge on any atom is -0.460 e. The van der Waals surface area contributed by atoms with Gasteiger partial charge in [-0.15, -0.1) is 0 Å². The molecule has 2 aliphatic rings. The maximum absolute atomic E-state index is 13.6. The van der Waals surface area contributed by atoms with Gasteiger partial charge in [0.1, 0.15) is 12.5 Å². The van der Waals surface area contributed by atoms with Gasteiger partial charge in [0.25, 0.3) is 0 Å². The Morgan fingerprint density at radius 1 is 1.05 bits per heavy atom. The van der Waals surface area contributed by atoms with Gasteiger partial charge in [-0.25, -0.2) is 9.79 Å². The Hall–Kier alpha value is -4.48. The molecule has 0 saturated heterocycles. The fourth-order valence-electron chi connectivity index (χ4n) is 4.92. The number of nitrogens with one attached hydrogen (secondary N) is 2. The molecule has 5 rings (SSSR count). The van der Waals surface area contributed by atoms with Crippen LogP contribution in [0, 0.1) is 17.2 Å². The number of ether oxygens (including phenoxy) is 1. The fourth-order valence-corrected chi connectivity index (χ4v) is 5.15. The molecular weight excluding hydrogens is 516 g/mol. The number of hydrogen-bond acceptors (Lipinski definition) is 5. The zero-order valence-corrected chi connectivity index (χ0v) is 21.7. The molecule has 8 nitrogen and oxygen atoms in total. The number of rotatable bonds is 7. The number of benzene rings is 3. The maximum Gasteiger partial charge on any atom is 0.341 e. The quantitative estimate of drug-likeness (QED) is 0.394. The molecule has 2 N–H and O–H groups in total. The van der Waals surface area contributed by atoms with Gasteiger partial charge in [0, 0.05) is 22.8 Å². The number of fused-ring (bicyclic) bond motifs is 1. The van der Waals surface area contributed by atoms with Gasteiger partial charge in [-0.1, -0.05) is 54.1 Å². The Morgan fingerprint density at radius 2 is 1.90 bits per heavy atom. The van der Waals surface area contributed by atoms with Gasteiger partial charge < -0.3 is 15.4 Å². The average Bonchev–Trinajstić information content (AvgIpc) is 2.94. The molecule has 0 saturated carbocycles. The summed E-state index contributed by atoms with van der Waals surface area (Å²) in [6.45, 7) is -0.0381. The van der Waals surface area contributed by atoms with Crippen molar-refractivity contribution in [3.8, 4) is 6.07 Å². The first-order chi connectivity index (χ1) is 18.9. The highest BCUT2D eigenvalue weighted by Crippen LogP contribution is 2.34. The van der Waals surface area contributed by atoms with Crippen LogP contribution in [0.1, 0.15) is 46.7 Å². The minimum atomic E-state index is -0.901. The van der Waals surface area contributed by atoms with E-state index >= 15 is 0 Å². The molecule has 3 aromatic carbocycles. The van der Waals surface area contributed by atoms with Crippen LogP contribution in [0.4, 0.5) is 10.5 Å². The van der Waals surface area contributed by atoms with Crippen LogP contribution < -0.4 is 10.6 Å². The van der Waals surface area contributed by atoms with E-state index in [1.807, 2.05) is 30.3 Å².